The molecule has 2 fully saturated rings. The lowest BCUT2D eigenvalue weighted by molar-refractivity contribution is 0.0690. The largest absolute Gasteiger partial charge is 0.476 e. The van der Waals surface area contributed by atoms with Crippen LogP contribution in [0, 0.1) is 18.3 Å². The molecule has 4 rings (SSSR count). The molecule has 6 nitrogen and oxygen atoms in total. The summed E-state index contributed by atoms with van der Waals surface area (Å²) in [6, 6.07) is 9.97. The minimum absolute atomic E-state index is 0.00917. The lowest BCUT2D eigenvalue weighted by atomic mass is 9.95. The number of hydrogen-bond acceptors (Lipinski definition) is 6. The summed E-state index contributed by atoms with van der Waals surface area (Å²) in [5.41, 5.74) is 0.813. The van der Waals surface area contributed by atoms with Gasteiger partial charge >= 0.3 is 5.97 Å². The van der Waals surface area contributed by atoms with E-state index in [0.717, 1.165) is 5.56 Å². The van der Waals surface area contributed by atoms with Gasteiger partial charge in [-0.1, -0.05) is 30.3 Å². The molecule has 1 saturated heterocycles. The SMILES string of the molecule is Cc1sc(N2C[C@@H](O)[C@@]3(C2)[C@H](CO)[C@H]3c2ccccc2)nc1C(=O)O. The van der Waals surface area contributed by atoms with E-state index < -0.39 is 12.1 Å². The van der Waals surface area contributed by atoms with Gasteiger partial charge in [0.15, 0.2) is 10.8 Å². The molecule has 132 valence electrons. The van der Waals surface area contributed by atoms with E-state index >= 15 is 0 Å². The number of aliphatic hydroxyl groups excluding tert-OH is 2. The van der Waals surface area contributed by atoms with Gasteiger partial charge in [0, 0.05) is 30.0 Å². The molecule has 4 atom stereocenters. The van der Waals surface area contributed by atoms with E-state index in [1.807, 2.05) is 35.2 Å². The van der Waals surface area contributed by atoms with Crippen molar-refractivity contribution in [3.8, 4) is 0 Å². The summed E-state index contributed by atoms with van der Waals surface area (Å²) in [4.78, 5) is 18.1. The molecule has 1 spiro atoms. The van der Waals surface area contributed by atoms with Crippen molar-refractivity contribution >= 4 is 22.4 Å². The lowest BCUT2D eigenvalue weighted by Gasteiger charge is -2.15. The molecule has 2 heterocycles. The predicted octanol–water partition coefficient (Wildman–Crippen LogP) is 1.72. The number of thiazole rings is 1. The number of carboxylic acid groups (broad SMARTS) is 1. The molecule has 2 aliphatic rings. The van der Waals surface area contributed by atoms with E-state index in [9.17, 15) is 20.1 Å². The first-order valence-corrected chi connectivity index (χ1v) is 9.10. The maximum absolute atomic E-state index is 11.2. The van der Waals surface area contributed by atoms with Crippen LogP contribution in [0.25, 0.3) is 0 Å². The summed E-state index contributed by atoms with van der Waals surface area (Å²) >= 11 is 1.34. The van der Waals surface area contributed by atoms with E-state index in [1.54, 1.807) is 6.92 Å². The van der Waals surface area contributed by atoms with Crippen LogP contribution in [-0.2, 0) is 0 Å². The lowest BCUT2D eigenvalue weighted by Crippen LogP contribution is -2.23. The molecule has 1 aliphatic heterocycles. The van der Waals surface area contributed by atoms with Crippen LogP contribution in [0.4, 0.5) is 5.13 Å². The zero-order chi connectivity index (χ0) is 17.8. The van der Waals surface area contributed by atoms with Crippen LogP contribution >= 0.6 is 11.3 Å². The van der Waals surface area contributed by atoms with E-state index in [1.165, 1.54) is 11.3 Å². The zero-order valence-corrected chi connectivity index (χ0v) is 14.6. The highest BCUT2D eigenvalue weighted by molar-refractivity contribution is 7.15. The molecule has 0 unspecified atom stereocenters. The molecule has 7 heteroatoms. The fourth-order valence-corrected chi connectivity index (χ4v) is 5.34. The first-order chi connectivity index (χ1) is 12.0. The van der Waals surface area contributed by atoms with E-state index in [2.05, 4.69) is 4.98 Å². The number of aromatic nitrogens is 1. The molecule has 1 aromatic heterocycles. The minimum Gasteiger partial charge on any atom is -0.476 e. The van der Waals surface area contributed by atoms with E-state index in [0.29, 0.717) is 23.1 Å². The number of carbonyl (C=O) groups is 1. The number of benzene rings is 1. The Kier molecular flexibility index (Phi) is 3.82. The van der Waals surface area contributed by atoms with Crippen LogP contribution in [0.3, 0.4) is 0 Å². The Morgan fingerprint density at radius 2 is 2.12 bits per heavy atom. The number of hydrogen-bond donors (Lipinski definition) is 3. The highest BCUT2D eigenvalue weighted by Crippen LogP contribution is 2.69. The Bertz CT molecular complexity index is 809. The highest BCUT2D eigenvalue weighted by atomic mass is 32.1. The molecule has 3 N–H and O–H groups in total. The van der Waals surface area contributed by atoms with Gasteiger partial charge in [0.25, 0.3) is 0 Å². The van der Waals surface area contributed by atoms with Crippen molar-refractivity contribution in [3.05, 3.63) is 46.5 Å². The second-order valence-electron chi connectivity index (χ2n) is 6.89. The maximum Gasteiger partial charge on any atom is 0.355 e. The molecule has 25 heavy (non-hydrogen) atoms. The Morgan fingerprint density at radius 3 is 2.72 bits per heavy atom. The summed E-state index contributed by atoms with van der Waals surface area (Å²) in [6.07, 6.45) is -0.577. The first kappa shape index (κ1) is 16.5. The smallest absolute Gasteiger partial charge is 0.355 e. The zero-order valence-electron chi connectivity index (χ0n) is 13.8. The number of nitrogens with zero attached hydrogens (tertiary/aromatic N) is 2. The van der Waals surface area contributed by atoms with Crippen LogP contribution in [0.2, 0.25) is 0 Å². The Balaban J connectivity index is 1.63. The van der Waals surface area contributed by atoms with Crippen molar-refractivity contribution in [1.82, 2.24) is 4.98 Å². The third kappa shape index (κ3) is 2.38. The van der Waals surface area contributed by atoms with Gasteiger partial charge in [0.05, 0.1) is 6.10 Å². The summed E-state index contributed by atoms with van der Waals surface area (Å²) in [7, 11) is 0. The summed E-state index contributed by atoms with van der Waals surface area (Å²) < 4.78 is 0. The number of aliphatic hydroxyl groups is 2. The normalized spacial score (nSPS) is 30.8. The molecule has 1 aromatic carbocycles. The fraction of sp³-hybridized carbons (Fsp3) is 0.444. The standard InChI is InChI=1S/C18H20N2O4S/c1-10-15(16(23)24)19-17(25-10)20-7-13(22)18(9-20)12(8-21)14(18)11-5-3-2-4-6-11/h2-6,12-14,21-22H,7-9H2,1H3,(H,23,24)/t12-,13-,14-,18-/m1/s1. The Labute approximate surface area is 149 Å². The molecular formula is C18H20N2O4S. The van der Waals surface area contributed by atoms with Crippen molar-refractivity contribution in [1.29, 1.82) is 0 Å². The quantitative estimate of drug-likeness (QED) is 0.769. The van der Waals surface area contributed by atoms with Crippen molar-refractivity contribution in [3.63, 3.8) is 0 Å². The van der Waals surface area contributed by atoms with Crippen LogP contribution in [0.15, 0.2) is 30.3 Å². The molecule has 1 saturated carbocycles. The Hall–Kier alpha value is -1.96. The topological polar surface area (TPSA) is 93.9 Å². The van der Waals surface area contributed by atoms with Crippen LogP contribution in [0.5, 0.6) is 0 Å². The summed E-state index contributed by atoms with van der Waals surface area (Å²) in [5, 5.41) is 30.4. The number of anilines is 1. The Morgan fingerprint density at radius 1 is 1.40 bits per heavy atom. The third-order valence-electron chi connectivity index (χ3n) is 5.65. The molecular weight excluding hydrogens is 340 g/mol. The molecule has 0 amide bonds. The van der Waals surface area contributed by atoms with Crippen molar-refractivity contribution < 1.29 is 20.1 Å². The van der Waals surface area contributed by atoms with Crippen LogP contribution in [-0.4, -0.2) is 52.1 Å². The van der Waals surface area contributed by atoms with E-state index in [4.69, 9.17) is 0 Å². The van der Waals surface area contributed by atoms with Gasteiger partial charge in [-0.3, -0.25) is 0 Å². The van der Waals surface area contributed by atoms with Gasteiger partial charge in [0.1, 0.15) is 0 Å². The maximum atomic E-state index is 11.2. The monoisotopic (exact) mass is 360 g/mol. The average molecular weight is 360 g/mol. The van der Waals surface area contributed by atoms with Gasteiger partial charge in [-0.15, -0.1) is 11.3 Å². The molecule has 0 bridgehead atoms. The molecule has 2 aromatic rings. The minimum atomic E-state index is -1.03. The van der Waals surface area contributed by atoms with Crippen LogP contribution < -0.4 is 4.90 Å². The number of aromatic carboxylic acids is 1. The number of aryl methyl sites for hydroxylation is 1. The number of β-amino-alcohol motifs (C(OH)–C–C–N with tert-alkyl or cyclic N) is 1. The van der Waals surface area contributed by atoms with Gasteiger partial charge in [-0.25, -0.2) is 9.78 Å². The number of carboxylic acids is 1. The molecule has 1 aliphatic carbocycles. The first-order valence-electron chi connectivity index (χ1n) is 8.28. The summed E-state index contributed by atoms with van der Waals surface area (Å²) in [5.74, 6) is -0.912. The second-order valence-corrected chi connectivity index (χ2v) is 8.07. The highest BCUT2D eigenvalue weighted by Gasteiger charge is 2.71. The predicted molar refractivity (Wildman–Crippen MR) is 94.2 cm³/mol. The van der Waals surface area contributed by atoms with Gasteiger partial charge in [-0.05, 0) is 24.3 Å². The van der Waals surface area contributed by atoms with Gasteiger partial charge < -0.3 is 20.2 Å². The fourth-order valence-electron chi connectivity index (χ4n) is 4.43. The van der Waals surface area contributed by atoms with Crippen molar-refractivity contribution in [2.45, 2.75) is 18.9 Å². The molecule has 0 radical (unpaired) electrons. The number of rotatable bonds is 4. The van der Waals surface area contributed by atoms with Gasteiger partial charge in [0.2, 0.25) is 0 Å². The average Bonchev–Trinajstić information content (AvgIpc) is 2.86. The van der Waals surface area contributed by atoms with Crippen LogP contribution in [0.1, 0.15) is 26.8 Å². The van der Waals surface area contributed by atoms with Crippen molar-refractivity contribution in [2.75, 3.05) is 24.6 Å². The van der Waals surface area contributed by atoms with Crippen molar-refractivity contribution in [2.24, 2.45) is 11.3 Å². The third-order valence-corrected chi connectivity index (χ3v) is 6.69. The second kappa shape index (κ2) is 5.79. The summed E-state index contributed by atoms with van der Waals surface area (Å²) in [6.45, 7) is 2.76. The van der Waals surface area contributed by atoms with Gasteiger partial charge in [-0.2, -0.15) is 0 Å². The van der Waals surface area contributed by atoms with E-state index in [-0.39, 0.29) is 29.6 Å².